The molecule has 6 heavy (non-hydrogen) atoms. The van der Waals surface area contributed by atoms with Crippen LogP contribution in [0.25, 0.3) is 0 Å². The zero-order valence-corrected chi connectivity index (χ0v) is 6.42. The van der Waals surface area contributed by atoms with Crippen molar-refractivity contribution in [1.29, 1.82) is 0 Å². The summed E-state index contributed by atoms with van der Waals surface area (Å²) >= 11 is 4.85. The van der Waals surface area contributed by atoms with Gasteiger partial charge in [0.05, 0.1) is 0 Å². The minimum atomic E-state index is -0.833. The summed E-state index contributed by atoms with van der Waals surface area (Å²) < 4.78 is -0.833. The molecule has 40 valence electrons. The summed E-state index contributed by atoms with van der Waals surface area (Å²) in [6.07, 6.45) is 0. The molecule has 0 atom stereocenters. The minimum absolute atomic E-state index is 0.833. The van der Waals surface area contributed by atoms with Crippen LogP contribution in [0.5, 0.6) is 0 Å². The van der Waals surface area contributed by atoms with E-state index in [9.17, 15) is 0 Å². The molecule has 0 fully saturated rings. The Morgan fingerprint density at radius 1 is 1.83 bits per heavy atom. The Morgan fingerprint density at radius 3 is 1.83 bits per heavy atom. The first-order valence-electron chi connectivity index (χ1n) is 0.801. The van der Waals surface area contributed by atoms with Crippen molar-refractivity contribution < 1.29 is 24.3 Å². The SMILES string of the molecule is O=C(O)[AsH].[S]=[Cu]. The number of hydrogen-bond acceptors (Lipinski definition) is 2. The molecular formula is CH2AsCuO2S. The van der Waals surface area contributed by atoms with Gasteiger partial charge in [-0.05, 0) is 0 Å². The second-order valence-corrected chi connectivity index (χ2v) is 1.20. The molecule has 0 saturated heterocycles. The van der Waals surface area contributed by atoms with Crippen molar-refractivity contribution in [2.24, 2.45) is 0 Å². The fraction of sp³-hybridized carbons (Fsp3) is 0. The van der Waals surface area contributed by atoms with E-state index < -0.39 is 4.76 Å². The van der Waals surface area contributed by atoms with E-state index in [1.165, 1.54) is 0 Å². The van der Waals surface area contributed by atoms with Gasteiger partial charge in [-0.3, -0.25) is 0 Å². The molecule has 1 radical (unpaired) electrons. The third-order valence-electron chi connectivity index (χ3n) is 0. The van der Waals surface area contributed by atoms with Gasteiger partial charge in [-0.1, -0.05) is 0 Å². The van der Waals surface area contributed by atoms with Crippen molar-refractivity contribution in [2.45, 2.75) is 0 Å². The molecule has 0 rings (SSSR count). The molecule has 0 aromatic rings. The maximum atomic E-state index is 9.00. The van der Waals surface area contributed by atoms with Gasteiger partial charge in [0, 0.05) is 0 Å². The molecule has 0 aromatic heterocycles. The van der Waals surface area contributed by atoms with E-state index in [1.54, 1.807) is 0 Å². The Labute approximate surface area is 56.5 Å². The van der Waals surface area contributed by atoms with Crippen LogP contribution in [0.3, 0.4) is 0 Å². The quantitative estimate of drug-likeness (QED) is 0.589. The summed E-state index contributed by atoms with van der Waals surface area (Å²) in [6.45, 7) is 0. The maximum absolute atomic E-state index is 9.00. The predicted octanol–water partition coefficient (Wildman–Crippen LogP) is 0.211. The molecule has 0 spiro atoms. The van der Waals surface area contributed by atoms with Crippen LogP contribution in [0, 0.1) is 0 Å². The molecule has 2 nitrogen and oxygen atoms in total. The summed E-state index contributed by atoms with van der Waals surface area (Å²) in [5.41, 5.74) is 0. The summed E-state index contributed by atoms with van der Waals surface area (Å²) in [4.78, 5) is 9.00. The van der Waals surface area contributed by atoms with E-state index in [2.05, 4.69) is 24.9 Å². The van der Waals surface area contributed by atoms with Gasteiger partial charge in [-0.25, -0.2) is 0 Å². The molecule has 0 aromatic carbocycles. The third kappa shape index (κ3) is 115. The monoisotopic (exact) mass is 216 g/mol. The number of carbonyl (C=O) groups is 1. The van der Waals surface area contributed by atoms with Crippen LogP contribution in [0.4, 0.5) is 4.79 Å². The number of hydrogen-bond donors (Lipinski definition) is 1. The molecule has 0 saturated carbocycles. The summed E-state index contributed by atoms with van der Waals surface area (Å²) in [5, 5.41) is 7.42. The Kier molecular flexibility index (Phi) is 15.2. The summed E-state index contributed by atoms with van der Waals surface area (Å²) in [7, 11) is 3.65. The average Bonchev–Trinajstić information content (AvgIpc) is 1.41. The van der Waals surface area contributed by atoms with Gasteiger partial charge in [0.15, 0.2) is 0 Å². The zero-order chi connectivity index (χ0) is 5.58. The van der Waals surface area contributed by atoms with Crippen LogP contribution >= 0.6 is 10.6 Å². The van der Waals surface area contributed by atoms with Crippen LogP contribution in [-0.2, 0) is 14.4 Å². The third-order valence-corrected chi connectivity index (χ3v) is 0. The van der Waals surface area contributed by atoms with Crippen molar-refractivity contribution in [2.75, 3.05) is 0 Å². The first kappa shape index (κ1) is 9.90. The van der Waals surface area contributed by atoms with Gasteiger partial charge >= 0.3 is 56.4 Å². The van der Waals surface area contributed by atoms with Crippen LogP contribution in [0.2, 0.25) is 0 Å². The van der Waals surface area contributed by atoms with Crippen LogP contribution in [0.15, 0.2) is 0 Å². The molecule has 0 bridgehead atoms. The van der Waals surface area contributed by atoms with Gasteiger partial charge in [0.2, 0.25) is 0 Å². The fourth-order valence-electron chi connectivity index (χ4n) is 0. The van der Waals surface area contributed by atoms with Gasteiger partial charge in [0.25, 0.3) is 0 Å². The van der Waals surface area contributed by atoms with Gasteiger partial charge < -0.3 is 0 Å². The summed E-state index contributed by atoms with van der Waals surface area (Å²) in [6, 6.07) is 0. The molecule has 0 aliphatic carbocycles. The van der Waals surface area contributed by atoms with Crippen LogP contribution in [-0.4, -0.2) is 26.7 Å². The summed E-state index contributed by atoms with van der Waals surface area (Å²) in [5.74, 6) is 0. The molecule has 1 N–H and O–H groups in total. The Hall–Kier alpha value is 0.768. The number of carboxylic acid groups (broad SMARTS) is 1. The Bertz CT molecular complexity index is 44.8. The van der Waals surface area contributed by atoms with E-state index in [-0.39, 0.29) is 0 Å². The average molecular weight is 217 g/mol. The van der Waals surface area contributed by atoms with E-state index >= 15 is 0 Å². The van der Waals surface area contributed by atoms with Crippen molar-refractivity contribution in [3.8, 4) is 0 Å². The molecule has 0 unspecified atom stereocenters. The predicted molar refractivity (Wildman–Crippen MR) is 22.8 cm³/mol. The standard InChI is InChI=1S/CH2AsO2.Cu.S/c2-1(3)4;;/h2H,(H,3,4);;. The number of rotatable bonds is 0. The normalized spacial score (nSPS) is 5.17. The molecule has 0 aliphatic heterocycles. The van der Waals surface area contributed by atoms with Gasteiger partial charge in [-0.15, -0.1) is 0 Å². The van der Waals surface area contributed by atoms with Crippen molar-refractivity contribution in [1.82, 2.24) is 0 Å². The Morgan fingerprint density at radius 2 is 1.83 bits per heavy atom. The van der Waals surface area contributed by atoms with Gasteiger partial charge in [-0.2, -0.15) is 0 Å². The van der Waals surface area contributed by atoms with Crippen LogP contribution < -0.4 is 0 Å². The first-order chi connectivity index (χ1) is 2.73. The Balaban J connectivity index is 0. The van der Waals surface area contributed by atoms with E-state index in [1.807, 2.05) is 0 Å². The van der Waals surface area contributed by atoms with E-state index in [0.29, 0.717) is 0 Å². The molecule has 0 aliphatic rings. The van der Waals surface area contributed by atoms with Crippen LogP contribution in [0.1, 0.15) is 0 Å². The van der Waals surface area contributed by atoms with Crippen molar-refractivity contribution >= 4 is 32.2 Å². The zero-order valence-electron chi connectivity index (χ0n) is 2.57. The molecular weight excluding hydrogens is 215 g/mol. The van der Waals surface area contributed by atoms with Crippen molar-refractivity contribution in [3.05, 3.63) is 0 Å². The topological polar surface area (TPSA) is 37.3 Å². The second-order valence-electron chi connectivity index (χ2n) is 0.305. The first-order valence-corrected chi connectivity index (χ1v) is 3.25. The van der Waals surface area contributed by atoms with E-state index in [0.717, 1.165) is 16.9 Å². The van der Waals surface area contributed by atoms with E-state index in [4.69, 9.17) is 9.90 Å². The van der Waals surface area contributed by atoms with Crippen molar-refractivity contribution in [3.63, 3.8) is 0 Å². The molecule has 5 heteroatoms. The fourth-order valence-corrected chi connectivity index (χ4v) is 0. The van der Waals surface area contributed by atoms with Gasteiger partial charge in [0.1, 0.15) is 0 Å². The second kappa shape index (κ2) is 9.24. The molecule has 0 heterocycles. The molecule has 0 amide bonds.